The van der Waals surface area contributed by atoms with Crippen LogP contribution in [-0.2, 0) is 4.79 Å². The Kier molecular flexibility index (Phi) is 4.13. The first-order valence-corrected chi connectivity index (χ1v) is 7.50. The average Bonchev–Trinajstić information content (AvgIpc) is 2.93. The molecule has 2 saturated heterocycles. The summed E-state index contributed by atoms with van der Waals surface area (Å²) in [4.78, 5) is 14.1. The highest BCUT2D eigenvalue weighted by atomic mass is 35.5. The lowest BCUT2D eigenvalue weighted by molar-refractivity contribution is -0.135. The fraction of sp³-hybridized carbons (Fsp3) is 0.533. The number of nitrogens with zero attached hydrogens (tertiary/aromatic N) is 1. The predicted octanol–water partition coefficient (Wildman–Crippen LogP) is 1.93. The van der Waals surface area contributed by atoms with Gasteiger partial charge in [-0.25, -0.2) is 0 Å². The zero-order valence-electron chi connectivity index (χ0n) is 11.3. The van der Waals surface area contributed by atoms with Crippen LogP contribution in [0.4, 0.5) is 0 Å². The van der Waals surface area contributed by atoms with Crippen molar-refractivity contribution in [1.29, 1.82) is 0 Å². The van der Waals surface area contributed by atoms with E-state index in [1.165, 1.54) is 6.42 Å². The minimum Gasteiger partial charge on any atom is -0.484 e. The number of carbonyl (C=O) groups excluding carboxylic acids is 1. The van der Waals surface area contributed by atoms with Crippen molar-refractivity contribution in [1.82, 2.24) is 10.2 Å². The van der Waals surface area contributed by atoms with E-state index in [0.717, 1.165) is 26.1 Å². The molecule has 4 nitrogen and oxygen atoms in total. The minimum atomic E-state index is 0.0744. The van der Waals surface area contributed by atoms with Crippen molar-refractivity contribution in [2.45, 2.75) is 18.9 Å². The topological polar surface area (TPSA) is 41.6 Å². The van der Waals surface area contributed by atoms with Gasteiger partial charge in [0.25, 0.3) is 5.91 Å². The standard InChI is InChI=1S/C15H19ClN2O2/c16-12-1-3-13(4-2-12)20-10-15(19)18-8-6-14-11(9-18)5-7-17-14/h1-4,11,14,17H,5-10H2. The van der Waals surface area contributed by atoms with E-state index in [1.54, 1.807) is 24.3 Å². The number of halogens is 1. The third-order valence-electron chi connectivity index (χ3n) is 4.18. The third kappa shape index (κ3) is 3.07. The summed E-state index contributed by atoms with van der Waals surface area (Å²) in [6.07, 6.45) is 2.23. The molecule has 2 fully saturated rings. The first-order chi connectivity index (χ1) is 9.72. The first kappa shape index (κ1) is 13.7. The average molecular weight is 295 g/mol. The molecule has 0 bridgehead atoms. The van der Waals surface area contributed by atoms with Gasteiger partial charge in [-0.05, 0) is 49.6 Å². The number of hydrogen-bond acceptors (Lipinski definition) is 3. The normalized spacial score (nSPS) is 25.4. The van der Waals surface area contributed by atoms with Crippen LogP contribution in [0.5, 0.6) is 5.75 Å². The molecule has 1 N–H and O–H groups in total. The highest BCUT2D eigenvalue weighted by Crippen LogP contribution is 2.24. The highest BCUT2D eigenvalue weighted by Gasteiger charge is 2.34. The van der Waals surface area contributed by atoms with Crippen LogP contribution in [0, 0.1) is 5.92 Å². The number of hydrogen-bond donors (Lipinski definition) is 1. The Balaban J connectivity index is 1.50. The van der Waals surface area contributed by atoms with Crippen LogP contribution in [0.1, 0.15) is 12.8 Å². The maximum Gasteiger partial charge on any atom is 0.260 e. The van der Waals surface area contributed by atoms with Gasteiger partial charge >= 0.3 is 0 Å². The lowest BCUT2D eigenvalue weighted by Gasteiger charge is -2.34. The molecule has 0 aromatic heterocycles. The summed E-state index contributed by atoms with van der Waals surface area (Å²) in [5.74, 6) is 1.37. The molecule has 2 aliphatic rings. The highest BCUT2D eigenvalue weighted by molar-refractivity contribution is 6.30. The SMILES string of the molecule is O=C(COc1ccc(Cl)cc1)N1CCC2NCCC2C1. The van der Waals surface area contributed by atoms with Gasteiger partial charge in [-0.2, -0.15) is 0 Å². The second-order valence-electron chi connectivity index (χ2n) is 5.48. The number of piperidine rings is 1. The van der Waals surface area contributed by atoms with Crippen LogP contribution in [0.2, 0.25) is 5.02 Å². The van der Waals surface area contributed by atoms with Crippen LogP contribution in [0.15, 0.2) is 24.3 Å². The van der Waals surface area contributed by atoms with E-state index in [9.17, 15) is 4.79 Å². The van der Waals surface area contributed by atoms with Gasteiger partial charge in [0.05, 0.1) is 0 Å². The second-order valence-corrected chi connectivity index (χ2v) is 5.92. The van der Waals surface area contributed by atoms with Crippen molar-refractivity contribution < 1.29 is 9.53 Å². The van der Waals surface area contributed by atoms with Crippen LogP contribution in [0.3, 0.4) is 0 Å². The molecule has 0 radical (unpaired) electrons. The fourth-order valence-corrected chi connectivity index (χ4v) is 3.17. The molecule has 5 heteroatoms. The predicted molar refractivity (Wildman–Crippen MR) is 78.0 cm³/mol. The van der Waals surface area contributed by atoms with Crippen molar-refractivity contribution in [3.8, 4) is 5.75 Å². The maximum absolute atomic E-state index is 12.2. The number of rotatable bonds is 3. The Morgan fingerprint density at radius 1 is 1.35 bits per heavy atom. The molecular weight excluding hydrogens is 276 g/mol. The number of benzene rings is 1. The van der Waals surface area contributed by atoms with Gasteiger partial charge in [-0.15, -0.1) is 0 Å². The molecule has 1 amide bonds. The smallest absolute Gasteiger partial charge is 0.260 e. The van der Waals surface area contributed by atoms with Crippen LogP contribution in [-0.4, -0.2) is 43.1 Å². The molecule has 3 rings (SSSR count). The Hall–Kier alpha value is -1.26. The monoisotopic (exact) mass is 294 g/mol. The van der Waals surface area contributed by atoms with E-state index >= 15 is 0 Å². The summed E-state index contributed by atoms with van der Waals surface area (Å²) in [6.45, 7) is 2.88. The Morgan fingerprint density at radius 3 is 2.95 bits per heavy atom. The summed E-state index contributed by atoms with van der Waals surface area (Å²) >= 11 is 5.81. The molecule has 1 aromatic rings. The number of likely N-dealkylation sites (tertiary alicyclic amines) is 1. The molecule has 0 aliphatic carbocycles. The number of carbonyl (C=O) groups is 1. The number of amides is 1. The van der Waals surface area contributed by atoms with Crippen molar-refractivity contribution >= 4 is 17.5 Å². The largest absolute Gasteiger partial charge is 0.484 e. The summed E-state index contributed by atoms with van der Waals surface area (Å²) in [7, 11) is 0. The summed E-state index contributed by atoms with van der Waals surface area (Å²) in [5, 5.41) is 4.17. The second kappa shape index (κ2) is 6.02. The van der Waals surface area contributed by atoms with Crippen molar-refractivity contribution in [2.75, 3.05) is 26.2 Å². The molecule has 1 aromatic carbocycles. The zero-order chi connectivity index (χ0) is 13.9. The lowest BCUT2D eigenvalue weighted by atomic mass is 9.93. The lowest BCUT2D eigenvalue weighted by Crippen LogP contribution is -2.48. The van der Waals surface area contributed by atoms with Gasteiger partial charge in [0, 0.05) is 24.2 Å². The van der Waals surface area contributed by atoms with Crippen molar-refractivity contribution in [3.05, 3.63) is 29.3 Å². The van der Waals surface area contributed by atoms with Gasteiger partial charge in [0.2, 0.25) is 0 Å². The molecule has 2 heterocycles. The van der Waals surface area contributed by atoms with Gasteiger partial charge in [-0.1, -0.05) is 11.6 Å². The van der Waals surface area contributed by atoms with E-state index in [4.69, 9.17) is 16.3 Å². The Bertz CT molecular complexity index is 477. The van der Waals surface area contributed by atoms with Crippen LogP contribution >= 0.6 is 11.6 Å². The van der Waals surface area contributed by atoms with E-state index in [-0.39, 0.29) is 12.5 Å². The van der Waals surface area contributed by atoms with Crippen molar-refractivity contribution in [3.63, 3.8) is 0 Å². The quantitative estimate of drug-likeness (QED) is 0.926. The van der Waals surface area contributed by atoms with Gasteiger partial charge in [0.1, 0.15) is 5.75 Å². The van der Waals surface area contributed by atoms with Gasteiger partial charge < -0.3 is 15.0 Å². The van der Waals surface area contributed by atoms with Crippen LogP contribution in [0.25, 0.3) is 0 Å². The zero-order valence-corrected chi connectivity index (χ0v) is 12.1. The molecular formula is C15H19ClN2O2. The summed E-state index contributed by atoms with van der Waals surface area (Å²) in [6, 6.07) is 7.69. The minimum absolute atomic E-state index is 0.0744. The third-order valence-corrected chi connectivity index (χ3v) is 4.44. The van der Waals surface area contributed by atoms with Gasteiger partial charge in [-0.3, -0.25) is 4.79 Å². The van der Waals surface area contributed by atoms with Crippen molar-refractivity contribution in [2.24, 2.45) is 5.92 Å². The van der Waals surface area contributed by atoms with E-state index < -0.39 is 0 Å². The first-order valence-electron chi connectivity index (χ1n) is 7.12. The molecule has 2 aliphatic heterocycles. The number of nitrogens with one attached hydrogen (secondary N) is 1. The Labute approximate surface area is 124 Å². The van der Waals surface area contributed by atoms with Crippen LogP contribution < -0.4 is 10.1 Å². The molecule has 0 spiro atoms. The van der Waals surface area contributed by atoms with E-state index in [2.05, 4.69) is 5.32 Å². The molecule has 108 valence electrons. The molecule has 0 saturated carbocycles. The van der Waals surface area contributed by atoms with E-state index in [0.29, 0.717) is 22.7 Å². The van der Waals surface area contributed by atoms with Gasteiger partial charge in [0.15, 0.2) is 6.61 Å². The summed E-state index contributed by atoms with van der Waals surface area (Å²) in [5.41, 5.74) is 0. The fourth-order valence-electron chi connectivity index (χ4n) is 3.04. The summed E-state index contributed by atoms with van der Waals surface area (Å²) < 4.78 is 5.52. The molecule has 2 unspecified atom stereocenters. The molecule has 20 heavy (non-hydrogen) atoms. The Morgan fingerprint density at radius 2 is 2.15 bits per heavy atom. The number of ether oxygens (including phenoxy) is 1. The number of fused-ring (bicyclic) bond motifs is 1. The maximum atomic E-state index is 12.2. The molecule has 2 atom stereocenters. The van der Waals surface area contributed by atoms with E-state index in [1.807, 2.05) is 4.90 Å².